The topological polar surface area (TPSA) is 151 Å². The smallest absolute Gasteiger partial charge is 0.253 e. The van der Waals surface area contributed by atoms with Crippen LogP contribution in [0.25, 0.3) is 0 Å². The van der Waals surface area contributed by atoms with Crippen molar-refractivity contribution in [3.63, 3.8) is 0 Å². The van der Waals surface area contributed by atoms with Crippen molar-refractivity contribution < 1.29 is 34.8 Å². The molecule has 1 rings (SSSR count). The predicted molar refractivity (Wildman–Crippen MR) is 136 cm³/mol. The molecule has 1 aromatic rings. The molecule has 5 N–H and O–H groups in total. The number of nitrogens with one attached hydrogen (secondary N) is 1. The molecule has 0 fully saturated rings. The summed E-state index contributed by atoms with van der Waals surface area (Å²) in [7, 11) is 1.53. The Bertz CT molecular complexity index is 823. The average Bonchev–Trinajstić information content (AvgIpc) is 2.70. The molecule has 0 spiro atoms. The van der Waals surface area contributed by atoms with Crippen LogP contribution in [0.5, 0.6) is 0 Å². The minimum atomic E-state index is -1.14. The molecule has 0 aliphatic rings. The Morgan fingerprint density at radius 3 is 2.07 bits per heavy atom. The van der Waals surface area contributed by atoms with Crippen LogP contribution in [0.2, 0.25) is 0 Å². The summed E-state index contributed by atoms with van der Waals surface area (Å²) >= 11 is 5.78. The van der Waals surface area contributed by atoms with E-state index in [1.807, 2.05) is 67.8 Å². The summed E-state index contributed by atoms with van der Waals surface area (Å²) in [5.41, 5.74) is 0.829. The van der Waals surface area contributed by atoms with Gasteiger partial charge in [-0.15, -0.1) is 0 Å². The molecule has 1 aromatic carbocycles. The number of benzene rings is 1. The molecule has 168 valence electrons. The molecule has 1 unspecified atom stereocenters. The minimum Gasteiger partial charge on any atom is -0.395 e. The van der Waals surface area contributed by atoms with Crippen LogP contribution in [0, 0.1) is 10.7 Å². The lowest BCUT2D eigenvalue weighted by Crippen LogP contribution is -2.39. The third-order valence-corrected chi connectivity index (χ3v) is 7.17. The molecular formula is C17H22I3N3O7. The summed E-state index contributed by atoms with van der Waals surface area (Å²) in [6.45, 7) is -0.687. The third-order valence-electron chi connectivity index (χ3n) is 4.04. The van der Waals surface area contributed by atoms with Crippen LogP contribution in [-0.2, 0) is 9.59 Å². The molecule has 0 saturated heterocycles. The van der Waals surface area contributed by atoms with Crippen LogP contribution in [0.3, 0.4) is 0 Å². The molecule has 0 bridgehead atoms. The summed E-state index contributed by atoms with van der Waals surface area (Å²) < 4.78 is 1.30. The van der Waals surface area contributed by atoms with Crippen molar-refractivity contribution in [3.8, 4) is 0 Å². The number of aliphatic hydroxyl groups excluding tert-OH is 4. The maximum atomic E-state index is 12.9. The number of carbonyl (C=O) groups excluding carboxylic acids is 3. The average molecular weight is 761 g/mol. The maximum Gasteiger partial charge on any atom is 0.253 e. The van der Waals surface area contributed by atoms with Crippen molar-refractivity contribution in [2.45, 2.75) is 13.0 Å². The Kier molecular flexibility index (Phi) is 11.7. The number of carbonyl (C=O) groups is 3. The molecule has 0 saturated carbocycles. The van der Waals surface area contributed by atoms with Gasteiger partial charge in [0.2, 0.25) is 5.91 Å². The van der Waals surface area contributed by atoms with E-state index in [4.69, 9.17) is 5.11 Å². The quantitative estimate of drug-likeness (QED) is 0.221. The van der Waals surface area contributed by atoms with Crippen LogP contribution < -0.4 is 15.1 Å². The zero-order chi connectivity index (χ0) is 23.2. The first kappa shape index (κ1) is 27.7. The maximum absolute atomic E-state index is 12.9. The van der Waals surface area contributed by atoms with Gasteiger partial charge in [0, 0.05) is 27.1 Å². The summed E-state index contributed by atoms with van der Waals surface area (Å²) in [4.78, 5) is 39.8. The van der Waals surface area contributed by atoms with Crippen molar-refractivity contribution >= 4 is 96.9 Å². The number of nitrogens with zero attached hydrogens (tertiary/aromatic N) is 2. The number of aliphatic hydroxyl groups is 4. The van der Waals surface area contributed by atoms with Gasteiger partial charge in [-0.3, -0.25) is 14.4 Å². The van der Waals surface area contributed by atoms with E-state index in [0.717, 1.165) is 4.90 Å². The normalized spacial score (nSPS) is 11.8. The van der Waals surface area contributed by atoms with Crippen LogP contribution in [0.4, 0.5) is 11.4 Å². The second-order valence-corrected chi connectivity index (χ2v) is 9.30. The zero-order valence-electron chi connectivity index (χ0n) is 16.2. The molecule has 0 aliphatic carbocycles. The first-order chi connectivity index (χ1) is 14.0. The second-order valence-electron chi connectivity index (χ2n) is 6.07. The number of amides is 3. The summed E-state index contributed by atoms with van der Waals surface area (Å²) in [5.74, 6) is -1.56. The summed E-state index contributed by atoms with van der Waals surface area (Å²) in [6, 6.07) is 0. The molecule has 0 heterocycles. The molecule has 13 heteroatoms. The molecular weight excluding hydrogens is 739 g/mol. The Labute approximate surface area is 214 Å². The Morgan fingerprint density at radius 2 is 1.60 bits per heavy atom. The molecule has 3 amide bonds. The number of halogens is 3. The SMILES string of the molecule is CC(=O)N(C)c1c(I)c(C(=O)NCC(O)CO)c(I)c(N(CCO)C(=O)CO)c1I. The van der Waals surface area contributed by atoms with Gasteiger partial charge >= 0.3 is 0 Å². The highest BCUT2D eigenvalue weighted by Gasteiger charge is 2.31. The van der Waals surface area contributed by atoms with Crippen molar-refractivity contribution in [3.05, 3.63) is 16.3 Å². The number of anilines is 2. The number of rotatable bonds is 9. The zero-order valence-corrected chi connectivity index (χ0v) is 22.6. The molecule has 0 radical (unpaired) electrons. The highest BCUT2D eigenvalue weighted by Crippen LogP contribution is 2.42. The minimum absolute atomic E-state index is 0.125. The highest BCUT2D eigenvalue weighted by molar-refractivity contribution is 14.1. The molecule has 10 nitrogen and oxygen atoms in total. The Morgan fingerprint density at radius 1 is 1.03 bits per heavy atom. The van der Waals surface area contributed by atoms with Crippen molar-refractivity contribution in [2.24, 2.45) is 0 Å². The van der Waals surface area contributed by atoms with E-state index in [9.17, 15) is 29.7 Å². The lowest BCUT2D eigenvalue weighted by atomic mass is 10.1. The van der Waals surface area contributed by atoms with Gasteiger partial charge in [0.25, 0.3) is 11.8 Å². The lowest BCUT2D eigenvalue weighted by Gasteiger charge is -2.29. The first-order valence-corrected chi connectivity index (χ1v) is 11.8. The van der Waals surface area contributed by atoms with E-state index in [0.29, 0.717) is 16.4 Å². The van der Waals surface area contributed by atoms with Gasteiger partial charge in [-0.1, -0.05) is 0 Å². The second kappa shape index (κ2) is 12.6. The van der Waals surface area contributed by atoms with Crippen LogP contribution in [0.15, 0.2) is 0 Å². The Hall–Kier alpha value is -0.340. The molecule has 0 aromatic heterocycles. The molecule has 1 atom stereocenters. The van der Waals surface area contributed by atoms with Gasteiger partial charge in [-0.05, 0) is 67.8 Å². The largest absolute Gasteiger partial charge is 0.395 e. The van der Waals surface area contributed by atoms with E-state index in [2.05, 4.69) is 5.32 Å². The predicted octanol–water partition coefficient (Wildman–Crippen LogP) is -0.116. The first-order valence-electron chi connectivity index (χ1n) is 8.57. The molecule has 0 aliphatic heterocycles. The fourth-order valence-corrected chi connectivity index (χ4v) is 7.40. The van der Waals surface area contributed by atoms with Crippen LogP contribution in [-0.4, -0.2) is 84.2 Å². The molecule has 30 heavy (non-hydrogen) atoms. The summed E-state index contributed by atoms with van der Waals surface area (Å²) in [5, 5.41) is 39.8. The van der Waals surface area contributed by atoms with E-state index >= 15 is 0 Å². The Balaban J connectivity index is 3.80. The van der Waals surface area contributed by atoms with Gasteiger partial charge < -0.3 is 35.5 Å². The van der Waals surface area contributed by atoms with Crippen LogP contribution >= 0.6 is 67.8 Å². The van der Waals surface area contributed by atoms with Crippen molar-refractivity contribution in [2.75, 3.05) is 49.8 Å². The lowest BCUT2D eigenvalue weighted by molar-refractivity contribution is -0.121. The van der Waals surface area contributed by atoms with E-state index in [-0.39, 0.29) is 36.9 Å². The highest BCUT2D eigenvalue weighted by atomic mass is 127. The standard InChI is InChI=1S/C17H22I3N3O7/c1-8(27)22(2)15-12(18)11(17(30)21-5-9(28)6-25)13(19)16(14(15)20)23(3-4-24)10(29)7-26/h9,24-26,28H,3-7H2,1-2H3,(H,21,30). The van der Waals surface area contributed by atoms with Gasteiger partial charge in [0.1, 0.15) is 6.61 Å². The van der Waals surface area contributed by atoms with Gasteiger partial charge in [0.15, 0.2) is 0 Å². The van der Waals surface area contributed by atoms with Gasteiger partial charge in [0.05, 0.1) is 47.0 Å². The monoisotopic (exact) mass is 761 g/mol. The van der Waals surface area contributed by atoms with Crippen molar-refractivity contribution in [1.82, 2.24) is 5.32 Å². The number of hydrogen-bond acceptors (Lipinski definition) is 7. The third kappa shape index (κ3) is 6.35. The van der Waals surface area contributed by atoms with Gasteiger partial charge in [-0.2, -0.15) is 0 Å². The fourth-order valence-electron chi connectivity index (χ4n) is 2.44. The van der Waals surface area contributed by atoms with E-state index in [1.54, 1.807) is 0 Å². The fraction of sp³-hybridized carbons (Fsp3) is 0.471. The number of hydrogen-bond donors (Lipinski definition) is 5. The summed E-state index contributed by atoms with van der Waals surface area (Å²) in [6.07, 6.45) is -1.14. The van der Waals surface area contributed by atoms with Gasteiger partial charge in [-0.25, -0.2) is 0 Å². The van der Waals surface area contributed by atoms with Crippen LogP contribution in [0.1, 0.15) is 17.3 Å². The van der Waals surface area contributed by atoms with E-state index < -0.39 is 31.1 Å². The van der Waals surface area contributed by atoms with E-state index in [1.165, 1.54) is 18.9 Å². The van der Waals surface area contributed by atoms with Crippen molar-refractivity contribution in [1.29, 1.82) is 0 Å².